The van der Waals surface area contributed by atoms with Crippen molar-refractivity contribution >= 4 is 11.8 Å². The Kier molecular flexibility index (Phi) is 8.18. The van der Waals surface area contributed by atoms with Gasteiger partial charge in [0.15, 0.2) is 6.61 Å². The van der Waals surface area contributed by atoms with E-state index in [9.17, 15) is 9.59 Å². The van der Waals surface area contributed by atoms with Gasteiger partial charge in [-0.1, -0.05) is 42.8 Å². The molecule has 0 spiro atoms. The molecule has 0 fully saturated rings. The van der Waals surface area contributed by atoms with Gasteiger partial charge in [0.1, 0.15) is 5.75 Å². The molecular formula is C25H30N4O4. The number of rotatable bonds is 10. The summed E-state index contributed by atoms with van der Waals surface area (Å²) in [7, 11) is 3.36. The molecule has 1 unspecified atom stereocenters. The molecule has 33 heavy (non-hydrogen) atoms. The maximum atomic E-state index is 12.6. The monoisotopic (exact) mass is 450 g/mol. The molecule has 0 saturated heterocycles. The molecule has 0 saturated carbocycles. The molecule has 1 N–H and O–H groups in total. The summed E-state index contributed by atoms with van der Waals surface area (Å²) in [4.78, 5) is 26.0. The number of nitrogens with zero attached hydrogens (tertiary/aromatic N) is 3. The quantitative estimate of drug-likeness (QED) is 0.506. The molecular weight excluding hydrogens is 420 g/mol. The van der Waals surface area contributed by atoms with Gasteiger partial charge >= 0.3 is 0 Å². The van der Waals surface area contributed by atoms with E-state index in [1.54, 1.807) is 20.2 Å². The van der Waals surface area contributed by atoms with Gasteiger partial charge in [0.2, 0.25) is 17.7 Å². The highest BCUT2D eigenvalue weighted by Gasteiger charge is 2.18. The zero-order chi connectivity index (χ0) is 23.8. The SMILES string of the molecule is CCC(NC(=O)CCc1nnc(-c2ccc(C)cc2)o1)c1ccccc1OCC(=O)N(C)C. The zero-order valence-electron chi connectivity index (χ0n) is 19.5. The third kappa shape index (κ3) is 6.65. The number of para-hydroxylation sites is 1. The van der Waals surface area contributed by atoms with Crippen LogP contribution in [0.25, 0.3) is 11.5 Å². The fourth-order valence-corrected chi connectivity index (χ4v) is 3.22. The molecule has 3 rings (SSSR count). The number of likely N-dealkylation sites (N-methyl/N-ethyl adjacent to an activating group) is 1. The normalized spacial score (nSPS) is 11.6. The van der Waals surface area contributed by atoms with Gasteiger partial charge in [-0.05, 0) is 31.5 Å². The highest BCUT2D eigenvalue weighted by molar-refractivity contribution is 5.77. The summed E-state index contributed by atoms with van der Waals surface area (Å²) in [6, 6.07) is 15.0. The number of carbonyl (C=O) groups excluding carboxylic acids is 2. The molecule has 8 heteroatoms. The van der Waals surface area contributed by atoms with Crippen LogP contribution in [0.1, 0.15) is 42.8 Å². The van der Waals surface area contributed by atoms with Gasteiger partial charge in [-0.3, -0.25) is 9.59 Å². The van der Waals surface area contributed by atoms with Crippen molar-refractivity contribution in [3.63, 3.8) is 0 Å². The van der Waals surface area contributed by atoms with Crippen LogP contribution < -0.4 is 10.1 Å². The predicted molar refractivity (Wildman–Crippen MR) is 125 cm³/mol. The van der Waals surface area contributed by atoms with Gasteiger partial charge in [-0.2, -0.15) is 0 Å². The first kappa shape index (κ1) is 24.0. The van der Waals surface area contributed by atoms with E-state index in [1.807, 2.05) is 56.3 Å². The Morgan fingerprint density at radius 3 is 2.52 bits per heavy atom. The van der Waals surface area contributed by atoms with Crippen molar-refractivity contribution in [2.45, 2.75) is 39.2 Å². The molecule has 174 valence electrons. The number of benzene rings is 2. The van der Waals surface area contributed by atoms with Gasteiger partial charge in [-0.15, -0.1) is 10.2 Å². The van der Waals surface area contributed by atoms with Crippen molar-refractivity contribution < 1.29 is 18.7 Å². The number of hydrogen-bond donors (Lipinski definition) is 1. The Hall–Kier alpha value is -3.68. The summed E-state index contributed by atoms with van der Waals surface area (Å²) in [6.07, 6.45) is 1.23. The second kappa shape index (κ2) is 11.3. The molecule has 8 nitrogen and oxygen atoms in total. The minimum Gasteiger partial charge on any atom is -0.483 e. The second-order valence-electron chi connectivity index (χ2n) is 8.01. The van der Waals surface area contributed by atoms with Crippen molar-refractivity contribution in [3.05, 3.63) is 65.5 Å². The topological polar surface area (TPSA) is 97.6 Å². The summed E-state index contributed by atoms with van der Waals surface area (Å²) in [5.41, 5.74) is 2.83. The molecule has 0 radical (unpaired) electrons. The summed E-state index contributed by atoms with van der Waals surface area (Å²) in [6.45, 7) is 3.94. The van der Waals surface area contributed by atoms with Crippen LogP contribution >= 0.6 is 0 Å². The molecule has 1 aromatic heterocycles. The molecule has 1 heterocycles. The molecule has 0 bridgehead atoms. The molecule has 2 aromatic carbocycles. The third-order valence-electron chi connectivity index (χ3n) is 5.22. The number of amides is 2. The molecule has 3 aromatic rings. The summed E-state index contributed by atoms with van der Waals surface area (Å²) in [5.74, 6) is 1.18. The van der Waals surface area contributed by atoms with Crippen LogP contribution in [0.4, 0.5) is 0 Å². The van der Waals surface area contributed by atoms with Crippen LogP contribution in [0.2, 0.25) is 0 Å². The number of carbonyl (C=O) groups is 2. The maximum Gasteiger partial charge on any atom is 0.259 e. The number of aromatic nitrogens is 2. The summed E-state index contributed by atoms with van der Waals surface area (Å²) >= 11 is 0. The number of nitrogens with one attached hydrogen (secondary N) is 1. The number of hydrogen-bond acceptors (Lipinski definition) is 6. The van der Waals surface area contributed by atoms with Gasteiger partial charge in [0.05, 0.1) is 6.04 Å². The smallest absolute Gasteiger partial charge is 0.259 e. The fourth-order valence-electron chi connectivity index (χ4n) is 3.22. The fraction of sp³-hybridized carbons (Fsp3) is 0.360. The summed E-state index contributed by atoms with van der Waals surface area (Å²) < 4.78 is 11.4. The predicted octanol–water partition coefficient (Wildman–Crippen LogP) is 3.71. The van der Waals surface area contributed by atoms with E-state index >= 15 is 0 Å². The van der Waals surface area contributed by atoms with Gasteiger partial charge < -0.3 is 19.4 Å². The maximum absolute atomic E-state index is 12.6. The van der Waals surface area contributed by atoms with Crippen molar-refractivity contribution in [1.29, 1.82) is 0 Å². The lowest BCUT2D eigenvalue weighted by molar-refractivity contribution is -0.130. The first-order valence-corrected chi connectivity index (χ1v) is 11.0. The van der Waals surface area contributed by atoms with E-state index < -0.39 is 0 Å². The van der Waals surface area contributed by atoms with E-state index in [2.05, 4.69) is 15.5 Å². The van der Waals surface area contributed by atoms with Crippen LogP contribution in [0.15, 0.2) is 52.9 Å². The highest BCUT2D eigenvalue weighted by Crippen LogP contribution is 2.27. The minimum absolute atomic E-state index is 0.0606. The average molecular weight is 451 g/mol. The number of aryl methyl sites for hydroxylation is 2. The van der Waals surface area contributed by atoms with Crippen LogP contribution in [-0.2, 0) is 16.0 Å². The summed E-state index contributed by atoms with van der Waals surface area (Å²) in [5, 5.41) is 11.2. The van der Waals surface area contributed by atoms with Gasteiger partial charge in [0.25, 0.3) is 5.91 Å². The standard InChI is InChI=1S/C25H30N4O4/c1-5-20(19-8-6-7-9-21(19)32-16-24(31)29(3)4)26-22(30)14-15-23-27-28-25(33-23)18-12-10-17(2)11-13-18/h6-13,20H,5,14-16H2,1-4H3,(H,26,30). The van der Waals surface area contributed by atoms with Crippen LogP contribution in [-0.4, -0.2) is 47.6 Å². The van der Waals surface area contributed by atoms with Crippen LogP contribution in [0.3, 0.4) is 0 Å². The van der Waals surface area contributed by atoms with E-state index in [4.69, 9.17) is 9.15 Å². The molecule has 0 aliphatic heterocycles. The lowest BCUT2D eigenvalue weighted by atomic mass is 10.0. The van der Waals surface area contributed by atoms with E-state index in [1.165, 1.54) is 4.90 Å². The van der Waals surface area contributed by atoms with Gasteiger partial charge in [0, 0.05) is 38.1 Å². The Labute approximate surface area is 194 Å². The Morgan fingerprint density at radius 2 is 1.82 bits per heavy atom. The van der Waals surface area contributed by atoms with Crippen LogP contribution in [0, 0.1) is 6.92 Å². The number of ether oxygens (including phenoxy) is 1. The second-order valence-corrected chi connectivity index (χ2v) is 8.01. The van der Waals surface area contributed by atoms with Crippen molar-refractivity contribution in [2.24, 2.45) is 0 Å². The highest BCUT2D eigenvalue weighted by atomic mass is 16.5. The van der Waals surface area contributed by atoms with E-state index in [0.29, 0.717) is 30.4 Å². The third-order valence-corrected chi connectivity index (χ3v) is 5.22. The van der Waals surface area contributed by atoms with Crippen LogP contribution in [0.5, 0.6) is 5.75 Å². The Balaban J connectivity index is 1.58. The minimum atomic E-state index is -0.242. The molecule has 2 amide bonds. The largest absolute Gasteiger partial charge is 0.483 e. The van der Waals surface area contributed by atoms with E-state index in [-0.39, 0.29) is 30.9 Å². The molecule has 0 aliphatic carbocycles. The van der Waals surface area contributed by atoms with Crippen molar-refractivity contribution in [3.8, 4) is 17.2 Å². The molecule has 0 aliphatic rings. The Bertz CT molecular complexity index is 1080. The lowest BCUT2D eigenvalue weighted by Gasteiger charge is -2.21. The van der Waals surface area contributed by atoms with Crippen molar-refractivity contribution in [1.82, 2.24) is 20.4 Å². The Morgan fingerprint density at radius 1 is 1.09 bits per heavy atom. The lowest BCUT2D eigenvalue weighted by Crippen LogP contribution is -2.30. The molecule has 1 atom stereocenters. The average Bonchev–Trinajstić information content (AvgIpc) is 3.29. The first-order valence-electron chi connectivity index (χ1n) is 11.0. The van der Waals surface area contributed by atoms with E-state index in [0.717, 1.165) is 16.7 Å². The van der Waals surface area contributed by atoms with Gasteiger partial charge in [-0.25, -0.2) is 0 Å². The van der Waals surface area contributed by atoms with Crippen molar-refractivity contribution in [2.75, 3.05) is 20.7 Å². The first-order chi connectivity index (χ1) is 15.9. The zero-order valence-corrected chi connectivity index (χ0v) is 19.5.